The van der Waals surface area contributed by atoms with Gasteiger partial charge in [-0.1, -0.05) is 24.3 Å². The highest BCUT2D eigenvalue weighted by Crippen LogP contribution is 2.52. The molecule has 59 heavy (non-hydrogen) atoms. The summed E-state index contributed by atoms with van der Waals surface area (Å²) in [6, 6.07) is 12.0. The van der Waals surface area contributed by atoms with Crippen LogP contribution in [0.3, 0.4) is 0 Å². The lowest BCUT2D eigenvalue weighted by atomic mass is 9.72. The Balaban J connectivity index is 0.000000221. The van der Waals surface area contributed by atoms with Gasteiger partial charge in [0.1, 0.15) is 63.9 Å². The smallest absolute Gasteiger partial charge is 0.204 e. The Morgan fingerprint density at radius 1 is 0.915 bits per heavy atom. The number of ketones is 3. The summed E-state index contributed by atoms with van der Waals surface area (Å²) in [4.78, 5) is 52.1. The lowest BCUT2D eigenvalue weighted by molar-refractivity contribution is -0.247. The van der Waals surface area contributed by atoms with Crippen molar-refractivity contribution >= 4 is 28.3 Å². The first-order chi connectivity index (χ1) is 28.0. The highest BCUT2D eigenvalue weighted by atomic mass is 16.7. The standard InChI is InChI=1S/C27H29NO11.C15H10O5/c1-10-22(31)13(28)6-17(38-10)39-15-8-27(36,16(30)9-29)7-12-19(15)26(35)21-20(24(12)33)23(32)11-4-3-5-14(37-2)18(11)25(21)34;16-9-3-1-8(2-4-9)11-7-20-13-6-10(17)5-12(18)14(13)15(11)19/h3-5,10,13,15,17,22,29,31,33,35-36H,6-9,28H2,1-2H3;1-7,16-18H/t10-,13-,15-,17-,22+,27-;/m0./s1. The minimum atomic E-state index is -2.24. The van der Waals surface area contributed by atoms with Crippen molar-refractivity contribution in [3.05, 3.63) is 104 Å². The molecule has 10 N–H and O–H groups in total. The number of ether oxygens (including phenoxy) is 3. The van der Waals surface area contributed by atoms with Crippen LogP contribution in [-0.4, -0.2) is 102 Å². The van der Waals surface area contributed by atoms with Crippen LogP contribution in [0, 0.1) is 0 Å². The van der Waals surface area contributed by atoms with E-state index in [2.05, 4.69) is 0 Å². The Morgan fingerprint density at radius 2 is 1.61 bits per heavy atom. The number of carbonyl (C=O) groups excluding carboxylic acids is 3. The Bertz CT molecular complexity index is 2570. The monoisotopic (exact) mass is 813 g/mol. The van der Waals surface area contributed by atoms with Crippen molar-refractivity contribution in [2.45, 2.75) is 62.4 Å². The fourth-order valence-electron chi connectivity index (χ4n) is 7.81. The van der Waals surface area contributed by atoms with Crippen LogP contribution < -0.4 is 15.9 Å². The first-order valence-electron chi connectivity index (χ1n) is 18.2. The topological polar surface area (TPSA) is 297 Å². The number of phenols is 5. The molecule has 308 valence electrons. The third-order valence-corrected chi connectivity index (χ3v) is 10.8. The van der Waals surface area contributed by atoms with Crippen molar-refractivity contribution in [1.29, 1.82) is 0 Å². The van der Waals surface area contributed by atoms with E-state index in [-0.39, 0.29) is 68.2 Å². The van der Waals surface area contributed by atoms with Crippen LogP contribution in [0.4, 0.5) is 0 Å². The van der Waals surface area contributed by atoms with Gasteiger partial charge < -0.3 is 65.2 Å². The first kappa shape index (κ1) is 40.8. The van der Waals surface area contributed by atoms with E-state index in [1.54, 1.807) is 19.1 Å². The number of hydrogen-bond donors (Lipinski definition) is 9. The Morgan fingerprint density at radius 3 is 2.27 bits per heavy atom. The largest absolute Gasteiger partial charge is 0.508 e. The SMILES string of the molecule is COc1cccc2c1C(=O)c1c(O)c3c(c(O)c1C2=O)C[C@@](O)(C(=O)CO)C[C@@H]3O[C@H]1C[C@H](N)[C@H](O)[C@H](C)O1.O=c1c(-c2ccc(O)cc2)coc2cc(O)cc(O)c12. The van der Waals surface area contributed by atoms with Crippen LogP contribution in [0.5, 0.6) is 34.5 Å². The summed E-state index contributed by atoms with van der Waals surface area (Å²) < 4.78 is 22.3. The van der Waals surface area contributed by atoms with Crippen LogP contribution >= 0.6 is 0 Å². The molecule has 8 rings (SSSR count). The van der Waals surface area contributed by atoms with Crippen molar-refractivity contribution in [1.82, 2.24) is 0 Å². The minimum absolute atomic E-state index is 0.00775. The quantitative estimate of drug-likeness (QED) is 0.109. The third kappa shape index (κ3) is 7.03. The molecule has 2 heterocycles. The van der Waals surface area contributed by atoms with Crippen LogP contribution in [0.25, 0.3) is 22.1 Å². The van der Waals surface area contributed by atoms with Gasteiger partial charge in [-0.3, -0.25) is 19.2 Å². The van der Waals surface area contributed by atoms with Crippen molar-refractivity contribution in [2.24, 2.45) is 5.73 Å². The molecule has 0 saturated carbocycles. The second kappa shape index (κ2) is 15.4. The molecule has 4 aromatic carbocycles. The van der Waals surface area contributed by atoms with Gasteiger partial charge in [-0.2, -0.15) is 0 Å². The summed E-state index contributed by atoms with van der Waals surface area (Å²) in [5, 5.41) is 82.1. The molecular formula is C42H39NO16. The van der Waals surface area contributed by atoms with E-state index in [4.69, 9.17) is 24.4 Å². The van der Waals surface area contributed by atoms with E-state index in [0.717, 1.165) is 6.07 Å². The molecular weight excluding hydrogens is 774 g/mol. The van der Waals surface area contributed by atoms with Gasteiger partial charge in [0.25, 0.3) is 0 Å². The lowest BCUT2D eigenvalue weighted by Gasteiger charge is -2.42. The van der Waals surface area contributed by atoms with Gasteiger partial charge in [0.2, 0.25) is 11.2 Å². The Kier molecular flexibility index (Phi) is 10.7. The van der Waals surface area contributed by atoms with Gasteiger partial charge in [-0.05, 0) is 30.7 Å². The summed E-state index contributed by atoms with van der Waals surface area (Å²) in [7, 11) is 1.32. The molecule has 5 aromatic rings. The number of nitrogens with two attached hydrogens (primary N) is 1. The summed E-state index contributed by atoms with van der Waals surface area (Å²) in [5.74, 6) is -4.21. The second-order valence-corrected chi connectivity index (χ2v) is 14.5. The number of aliphatic hydroxyl groups is 3. The van der Waals surface area contributed by atoms with Crippen LogP contribution in [-0.2, 0) is 20.7 Å². The Labute approximate surface area is 333 Å². The number of benzene rings is 4. The molecule has 3 aliphatic rings. The zero-order valence-corrected chi connectivity index (χ0v) is 31.4. The predicted octanol–water partition coefficient (Wildman–Crippen LogP) is 2.58. The molecule has 0 amide bonds. The van der Waals surface area contributed by atoms with Gasteiger partial charge >= 0.3 is 0 Å². The number of hydrogen-bond acceptors (Lipinski definition) is 17. The second-order valence-electron chi connectivity index (χ2n) is 14.5. The minimum Gasteiger partial charge on any atom is -0.508 e. The molecule has 1 saturated heterocycles. The number of Topliss-reactive ketones (excluding diaryl/α,β-unsaturated/α-hetero) is 1. The predicted molar refractivity (Wildman–Crippen MR) is 205 cm³/mol. The van der Waals surface area contributed by atoms with E-state index in [1.807, 2.05) is 0 Å². The summed E-state index contributed by atoms with van der Waals surface area (Å²) in [6.45, 7) is 0.560. The maximum Gasteiger partial charge on any atom is 0.204 e. The molecule has 2 aliphatic carbocycles. The number of fused-ring (bicyclic) bond motifs is 4. The van der Waals surface area contributed by atoms with Crippen molar-refractivity contribution in [2.75, 3.05) is 13.7 Å². The first-order valence-corrected chi connectivity index (χ1v) is 18.2. The lowest BCUT2D eigenvalue weighted by Crippen LogP contribution is -2.53. The van der Waals surface area contributed by atoms with E-state index in [0.29, 0.717) is 5.56 Å². The third-order valence-electron chi connectivity index (χ3n) is 10.8. The zero-order valence-electron chi connectivity index (χ0n) is 31.4. The number of methoxy groups -OCH3 is 1. The number of carbonyl (C=O) groups is 3. The molecule has 0 bridgehead atoms. The van der Waals surface area contributed by atoms with Crippen LogP contribution in [0.1, 0.15) is 68.8 Å². The molecule has 1 aliphatic heterocycles. The molecule has 1 fully saturated rings. The maximum atomic E-state index is 13.6. The molecule has 0 radical (unpaired) electrons. The highest BCUT2D eigenvalue weighted by molar-refractivity contribution is 6.31. The van der Waals surface area contributed by atoms with Crippen LogP contribution in [0.15, 0.2) is 70.1 Å². The van der Waals surface area contributed by atoms with E-state index >= 15 is 0 Å². The van der Waals surface area contributed by atoms with Gasteiger partial charge in [0.05, 0.1) is 47.7 Å². The fraction of sp³-hybridized carbons (Fsp3) is 0.286. The summed E-state index contributed by atoms with van der Waals surface area (Å²) >= 11 is 0. The maximum absolute atomic E-state index is 13.6. The molecule has 0 spiro atoms. The number of aliphatic hydroxyl groups excluding tert-OH is 2. The van der Waals surface area contributed by atoms with Gasteiger partial charge in [0.15, 0.2) is 17.9 Å². The zero-order chi connectivity index (χ0) is 42.7. The van der Waals surface area contributed by atoms with Crippen molar-refractivity contribution in [3.63, 3.8) is 0 Å². The molecule has 17 nitrogen and oxygen atoms in total. The average molecular weight is 814 g/mol. The number of aromatic hydroxyl groups is 5. The van der Waals surface area contributed by atoms with Crippen molar-refractivity contribution < 1.29 is 73.9 Å². The van der Waals surface area contributed by atoms with Gasteiger partial charge in [0, 0.05) is 54.1 Å². The number of rotatable bonds is 6. The molecule has 17 heteroatoms. The van der Waals surface area contributed by atoms with Crippen LogP contribution in [0.2, 0.25) is 0 Å². The fourth-order valence-corrected chi connectivity index (χ4v) is 7.81. The van der Waals surface area contributed by atoms with E-state index in [1.165, 1.54) is 49.8 Å². The van der Waals surface area contributed by atoms with E-state index in [9.17, 15) is 60.0 Å². The average Bonchev–Trinajstić information content (AvgIpc) is 3.20. The van der Waals surface area contributed by atoms with Crippen molar-refractivity contribution in [3.8, 4) is 45.6 Å². The van der Waals surface area contributed by atoms with Gasteiger partial charge in [-0.15, -0.1) is 0 Å². The Hall–Kier alpha value is -6.34. The molecule has 0 unspecified atom stereocenters. The normalized spacial score (nSPS) is 23.4. The summed E-state index contributed by atoms with van der Waals surface area (Å²) in [6.07, 6.45) is -3.86. The molecule has 1 aromatic heterocycles. The molecule has 6 atom stereocenters. The van der Waals surface area contributed by atoms with Gasteiger partial charge in [-0.25, -0.2) is 0 Å². The summed E-state index contributed by atoms with van der Waals surface area (Å²) in [5.41, 5.74) is 2.90. The highest BCUT2D eigenvalue weighted by Gasteiger charge is 2.50. The van der Waals surface area contributed by atoms with E-state index < -0.39 is 101 Å². The number of phenolic OH excluding ortho intramolecular Hbond substituents is 5.